The van der Waals surface area contributed by atoms with E-state index in [1.165, 1.54) is 0 Å². The van der Waals surface area contributed by atoms with E-state index in [2.05, 4.69) is 64.7 Å². The lowest BCUT2D eigenvalue weighted by atomic mass is 10.2. The first-order chi connectivity index (χ1) is 12.8. The second-order valence-corrected chi connectivity index (χ2v) is 11.7. The summed E-state index contributed by atoms with van der Waals surface area (Å²) >= 11 is 0. The molecule has 1 aromatic carbocycles. The van der Waals surface area contributed by atoms with Crippen LogP contribution in [0, 0.1) is 0 Å². The van der Waals surface area contributed by atoms with E-state index in [0.29, 0.717) is 30.6 Å². The number of hydrogen-bond acceptors (Lipinski definition) is 4. The van der Waals surface area contributed by atoms with Crippen molar-refractivity contribution in [1.29, 1.82) is 0 Å². The van der Waals surface area contributed by atoms with Gasteiger partial charge in [-0.1, -0.05) is 12.1 Å². The van der Waals surface area contributed by atoms with E-state index < -0.39 is 16.0 Å². The van der Waals surface area contributed by atoms with Crippen LogP contribution >= 0.6 is 16.0 Å². The molecule has 8 heteroatoms. The highest BCUT2D eigenvalue weighted by molar-refractivity contribution is 7.51. The summed E-state index contributed by atoms with van der Waals surface area (Å²) in [5.41, 5.74) is 0.872. The molecule has 0 saturated carbocycles. The molecule has 6 nitrogen and oxygen atoms in total. The van der Waals surface area contributed by atoms with Crippen LogP contribution in [0.15, 0.2) is 24.3 Å². The van der Waals surface area contributed by atoms with Crippen molar-refractivity contribution in [1.82, 2.24) is 9.34 Å². The summed E-state index contributed by atoms with van der Waals surface area (Å²) in [6.07, 6.45) is 0.176. The Hall–Kier alpha value is -0.480. The van der Waals surface area contributed by atoms with Gasteiger partial charge in [-0.15, -0.1) is 0 Å². The van der Waals surface area contributed by atoms with Crippen molar-refractivity contribution >= 4 is 16.0 Å². The smallest absolute Gasteiger partial charge is 0.325 e. The third kappa shape index (κ3) is 8.10. The van der Waals surface area contributed by atoms with Gasteiger partial charge in [0.25, 0.3) is 0 Å². The third-order valence-electron chi connectivity index (χ3n) is 4.29. The Balaban J connectivity index is 3.20. The topological polar surface area (TPSA) is 73.2 Å². The van der Waals surface area contributed by atoms with Crippen LogP contribution in [-0.2, 0) is 11.0 Å². The fourth-order valence-corrected chi connectivity index (χ4v) is 6.18. The first-order valence-electron chi connectivity index (χ1n) is 10.0. The zero-order valence-electron chi connectivity index (χ0n) is 18.5. The molecule has 0 unspecified atom stereocenters. The molecule has 0 saturated heterocycles. The summed E-state index contributed by atoms with van der Waals surface area (Å²) in [7, 11) is -5.06. The van der Waals surface area contributed by atoms with Crippen LogP contribution in [0.2, 0.25) is 0 Å². The average molecular weight is 432 g/mol. The average Bonchev–Trinajstić information content (AvgIpc) is 2.51. The summed E-state index contributed by atoms with van der Waals surface area (Å²) in [4.78, 5) is 18.3. The molecule has 0 aliphatic heterocycles. The number of benzene rings is 1. The standard InChI is InChI=1S/C20H38N2O4P2/c1-15(2)21(16(3)4)27(22(17(5)6)18(7)8)26-20-11-9-10-19(14-20)12-13-28(23,24)25/h9-11,14-18H,12-13H2,1-8H3,(H2,23,24,25). The first kappa shape index (κ1) is 25.6. The Bertz CT molecular complexity index is 611. The maximum atomic E-state index is 11.2. The van der Waals surface area contributed by atoms with Crippen molar-refractivity contribution in [2.75, 3.05) is 6.16 Å². The Morgan fingerprint density at radius 3 is 1.79 bits per heavy atom. The summed E-state index contributed by atoms with van der Waals surface area (Å²) in [6, 6.07) is 8.90. The van der Waals surface area contributed by atoms with Gasteiger partial charge in [0.2, 0.25) is 8.45 Å². The zero-order chi connectivity index (χ0) is 21.6. The Morgan fingerprint density at radius 2 is 1.39 bits per heavy atom. The monoisotopic (exact) mass is 432 g/mol. The molecule has 0 fully saturated rings. The molecular formula is C20H38N2O4P2. The predicted molar refractivity (Wildman–Crippen MR) is 119 cm³/mol. The molecule has 0 aliphatic rings. The molecule has 0 heterocycles. The minimum Gasteiger partial charge on any atom is -0.444 e. The van der Waals surface area contributed by atoms with Gasteiger partial charge in [-0.2, -0.15) is 0 Å². The molecule has 0 radical (unpaired) electrons. The largest absolute Gasteiger partial charge is 0.444 e. The van der Waals surface area contributed by atoms with Crippen molar-refractivity contribution in [3.63, 3.8) is 0 Å². The SMILES string of the molecule is CC(C)N(C(C)C)P(Oc1cccc(CCP(=O)(O)O)c1)N(C(C)C)C(C)C. The van der Waals surface area contributed by atoms with Gasteiger partial charge in [-0.3, -0.25) is 4.57 Å². The van der Waals surface area contributed by atoms with Gasteiger partial charge in [-0.25, -0.2) is 9.34 Å². The van der Waals surface area contributed by atoms with E-state index in [1.807, 2.05) is 24.3 Å². The summed E-state index contributed by atoms with van der Waals surface area (Å²) < 4.78 is 22.6. The van der Waals surface area contributed by atoms with Crippen LogP contribution in [0.5, 0.6) is 5.75 Å². The second kappa shape index (κ2) is 11.1. The normalized spacial score (nSPS) is 13.2. The molecule has 1 aromatic rings. The molecule has 2 N–H and O–H groups in total. The Kier molecular flexibility index (Phi) is 10.1. The van der Waals surface area contributed by atoms with Crippen LogP contribution in [-0.4, -0.2) is 49.5 Å². The Morgan fingerprint density at radius 1 is 0.929 bits per heavy atom. The van der Waals surface area contributed by atoms with E-state index in [9.17, 15) is 4.57 Å². The molecule has 1 rings (SSSR count). The molecular weight excluding hydrogens is 394 g/mol. The number of nitrogens with zero attached hydrogens (tertiary/aromatic N) is 2. The molecule has 162 valence electrons. The van der Waals surface area contributed by atoms with Gasteiger partial charge in [-0.05, 0) is 79.5 Å². The van der Waals surface area contributed by atoms with Crippen LogP contribution in [0.1, 0.15) is 61.0 Å². The minimum atomic E-state index is -4.01. The van der Waals surface area contributed by atoms with Crippen LogP contribution < -0.4 is 4.52 Å². The van der Waals surface area contributed by atoms with Crippen LogP contribution in [0.25, 0.3) is 0 Å². The number of aryl methyl sites for hydroxylation is 1. The quantitative estimate of drug-likeness (QED) is 0.465. The summed E-state index contributed by atoms with van der Waals surface area (Å²) in [6.45, 7) is 17.5. The van der Waals surface area contributed by atoms with Crippen LogP contribution in [0.3, 0.4) is 0 Å². The van der Waals surface area contributed by atoms with Crippen LogP contribution in [0.4, 0.5) is 0 Å². The maximum Gasteiger partial charge on any atom is 0.325 e. The Labute approximate surface area is 172 Å². The highest BCUT2D eigenvalue weighted by Crippen LogP contribution is 2.50. The summed E-state index contributed by atoms with van der Waals surface area (Å²) in [5, 5.41) is 0. The van der Waals surface area contributed by atoms with E-state index in [0.717, 1.165) is 11.3 Å². The van der Waals surface area contributed by atoms with Gasteiger partial charge in [0.05, 0.1) is 6.16 Å². The molecule has 0 bridgehead atoms. The lowest BCUT2D eigenvalue weighted by molar-refractivity contribution is 0.225. The van der Waals surface area contributed by atoms with Gasteiger partial charge >= 0.3 is 7.60 Å². The predicted octanol–water partition coefficient (Wildman–Crippen LogP) is 5.25. The second-order valence-electron chi connectivity index (χ2n) is 8.26. The van der Waals surface area contributed by atoms with Gasteiger partial charge < -0.3 is 14.3 Å². The van der Waals surface area contributed by atoms with Crippen molar-refractivity contribution in [2.24, 2.45) is 0 Å². The first-order valence-corrected chi connectivity index (χ1v) is 13.0. The molecule has 0 spiro atoms. The maximum absolute atomic E-state index is 11.2. The molecule has 0 amide bonds. The molecule has 0 aliphatic carbocycles. The van der Waals surface area contributed by atoms with Gasteiger partial charge in [0, 0.05) is 24.2 Å². The molecule has 0 aromatic heterocycles. The highest BCUT2D eigenvalue weighted by atomic mass is 31.2. The highest BCUT2D eigenvalue weighted by Gasteiger charge is 2.35. The van der Waals surface area contributed by atoms with E-state index in [-0.39, 0.29) is 6.16 Å². The van der Waals surface area contributed by atoms with Crippen molar-refractivity contribution in [3.05, 3.63) is 29.8 Å². The third-order valence-corrected chi connectivity index (χ3v) is 8.11. The van der Waals surface area contributed by atoms with Crippen molar-refractivity contribution in [2.45, 2.75) is 86.0 Å². The van der Waals surface area contributed by atoms with E-state index in [4.69, 9.17) is 14.3 Å². The summed E-state index contributed by atoms with van der Waals surface area (Å²) in [5.74, 6) is 0.743. The molecule has 0 atom stereocenters. The van der Waals surface area contributed by atoms with Gasteiger partial charge in [0.15, 0.2) is 0 Å². The van der Waals surface area contributed by atoms with Crippen molar-refractivity contribution in [3.8, 4) is 5.75 Å². The number of rotatable bonds is 11. The fourth-order valence-electron chi connectivity index (χ4n) is 3.32. The lowest BCUT2D eigenvalue weighted by Gasteiger charge is -2.45. The lowest BCUT2D eigenvalue weighted by Crippen LogP contribution is -2.44. The zero-order valence-corrected chi connectivity index (χ0v) is 20.3. The molecule has 28 heavy (non-hydrogen) atoms. The van der Waals surface area contributed by atoms with E-state index >= 15 is 0 Å². The van der Waals surface area contributed by atoms with E-state index in [1.54, 1.807) is 0 Å². The minimum absolute atomic E-state index is 0.153. The number of hydrogen-bond donors (Lipinski definition) is 2. The fraction of sp³-hybridized carbons (Fsp3) is 0.700. The van der Waals surface area contributed by atoms with Crippen molar-refractivity contribution < 1.29 is 18.9 Å². The van der Waals surface area contributed by atoms with Gasteiger partial charge in [0.1, 0.15) is 5.75 Å².